The maximum atomic E-state index is 11.3. The van der Waals surface area contributed by atoms with Crippen LogP contribution in [-0.4, -0.2) is 22.7 Å². The molecule has 0 fully saturated rings. The smallest absolute Gasteiger partial charge is 0.258 e. The van der Waals surface area contributed by atoms with E-state index in [0.717, 1.165) is 11.1 Å². The first-order chi connectivity index (χ1) is 10.7. The van der Waals surface area contributed by atoms with Crippen LogP contribution in [0.25, 0.3) is 0 Å². The molecule has 1 unspecified atom stereocenters. The standard InChI is InChI=1S/C15H15N5O2/c16-18-19-10-9-17-14-12(7-4-8-13(14)20(21)22)15(19)11-5-2-1-3-6-11/h1-9,15,18H,10,16H2. The third-order valence-corrected chi connectivity index (χ3v) is 3.63. The second kappa shape index (κ2) is 6.02. The lowest BCUT2D eigenvalue weighted by atomic mass is 9.96. The average molecular weight is 297 g/mol. The van der Waals surface area contributed by atoms with Crippen molar-refractivity contribution in [1.29, 1.82) is 0 Å². The molecule has 7 heteroatoms. The van der Waals surface area contributed by atoms with Crippen LogP contribution in [0.2, 0.25) is 0 Å². The predicted octanol–water partition coefficient (Wildman–Crippen LogP) is 2.08. The summed E-state index contributed by atoms with van der Waals surface area (Å²) in [5.41, 5.74) is 4.74. The van der Waals surface area contributed by atoms with E-state index in [2.05, 4.69) is 10.5 Å². The molecule has 1 aliphatic rings. The predicted molar refractivity (Wildman–Crippen MR) is 83.6 cm³/mol. The van der Waals surface area contributed by atoms with E-state index in [9.17, 15) is 10.1 Å². The zero-order valence-electron chi connectivity index (χ0n) is 11.7. The van der Waals surface area contributed by atoms with Gasteiger partial charge in [-0.15, -0.1) is 0 Å². The molecular weight excluding hydrogens is 282 g/mol. The highest BCUT2D eigenvalue weighted by molar-refractivity contribution is 5.74. The van der Waals surface area contributed by atoms with E-state index in [1.165, 1.54) is 6.07 Å². The van der Waals surface area contributed by atoms with E-state index in [1.54, 1.807) is 17.3 Å². The van der Waals surface area contributed by atoms with E-state index < -0.39 is 4.92 Å². The molecule has 0 saturated carbocycles. The number of nitrogens with two attached hydrogens (primary N) is 1. The molecule has 7 nitrogen and oxygen atoms in total. The molecule has 22 heavy (non-hydrogen) atoms. The number of fused-ring (bicyclic) bond motifs is 1. The van der Waals surface area contributed by atoms with Gasteiger partial charge in [-0.1, -0.05) is 42.5 Å². The van der Waals surface area contributed by atoms with Crippen LogP contribution in [0, 0.1) is 10.1 Å². The van der Waals surface area contributed by atoms with E-state index in [1.807, 2.05) is 36.4 Å². The summed E-state index contributed by atoms with van der Waals surface area (Å²) in [6.45, 7) is 0.432. The van der Waals surface area contributed by atoms with Crippen molar-refractivity contribution in [1.82, 2.24) is 10.5 Å². The lowest BCUT2D eigenvalue weighted by Gasteiger charge is -2.29. The van der Waals surface area contributed by atoms with Crippen molar-refractivity contribution < 1.29 is 4.92 Å². The van der Waals surface area contributed by atoms with Crippen LogP contribution in [0.5, 0.6) is 0 Å². The van der Waals surface area contributed by atoms with Crippen LogP contribution in [0.1, 0.15) is 17.2 Å². The number of para-hydroxylation sites is 1. The molecule has 1 heterocycles. The molecule has 0 spiro atoms. The van der Waals surface area contributed by atoms with Crippen molar-refractivity contribution in [2.45, 2.75) is 6.04 Å². The Balaban J connectivity index is 2.21. The minimum Gasteiger partial charge on any atom is -0.258 e. The molecule has 1 aliphatic heterocycles. The topological polar surface area (TPSA) is 96.8 Å². The third-order valence-electron chi connectivity index (χ3n) is 3.63. The first-order valence-electron chi connectivity index (χ1n) is 6.80. The van der Waals surface area contributed by atoms with Gasteiger partial charge in [-0.3, -0.25) is 20.9 Å². The number of hydrazine groups is 2. The number of aliphatic imine (C=N–C) groups is 1. The van der Waals surface area contributed by atoms with Crippen LogP contribution >= 0.6 is 0 Å². The summed E-state index contributed by atoms with van der Waals surface area (Å²) >= 11 is 0. The summed E-state index contributed by atoms with van der Waals surface area (Å²) in [5, 5.41) is 13.0. The Morgan fingerprint density at radius 2 is 2.00 bits per heavy atom. The Bertz CT molecular complexity index is 717. The van der Waals surface area contributed by atoms with Crippen LogP contribution in [0.15, 0.2) is 53.5 Å². The summed E-state index contributed by atoms with van der Waals surface area (Å²) in [6.07, 6.45) is 1.62. The maximum absolute atomic E-state index is 11.3. The van der Waals surface area contributed by atoms with E-state index in [4.69, 9.17) is 5.84 Å². The molecule has 112 valence electrons. The third kappa shape index (κ3) is 2.48. The largest absolute Gasteiger partial charge is 0.295 e. The minimum absolute atomic E-state index is 0.00597. The normalized spacial score (nSPS) is 17.8. The molecule has 0 amide bonds. The molecule has 0 radical (unpaired) electrons. The fourth-order valence-corrected chi connectivity index (χ4v) is 2.67. The van der Waals surface area contributed by atoms with E-state index in [-0.39, 0.29) is 11.7 Å². The van der Waals surface area contributed by atoms with Crippen molar-refractivity contribution in [3.8, 4) is 0 Å². The maximum Gasteiger partial charge on any atom is 0.295 e. The molecule has 0 bridgehead atoms. The molecular formula is C15H15N5O2. The molecule has 0 aromatic heterocycles. The Labute approximate surface area is 127 Å². The molecule has 3 N–H and O–H groups in total. The van der Waals surface area contributed by atoms with Crippen LogP contribution in [-0.2, 0) is 0 Å². The first kappa shape index (κ1) is 14.3. The Morgan fingerprint density at radius 3 is 2.68 bits per heavy atom. The Kier molecular flexibility index (Phi) is 3.92. The number of nitrogens with zero attached hydrogens (tertiary/aromatic N) is 3. The van der Waals surface area contributed by atoms with Crippen molar-refractivity contribution in [2.24, 2.45) is 10.8 Å². The SMILES string of the molecule is NNN1CC=Nc2c(cccc2[N+](=O)[O-])C1c1ccccc1. The fourth-order valence-electron chi connectivity index (χ4n) is 2.67. The van der Waals surface area contributed by atoms with Gasteiger partial charge in [0.25, 0.3) is 5.69 Å². The number of nitro benzene ring substituents is 1. The lowest BCUT2D eigenvalue weighted by molar-refractivity contribution is -0.384. The summed E-state index contributed by atoms with van der Waals surface area (Å²) in [6, 6.07) is 14.4. The summed E-state index contributed by atoms with van der Waals surface area (Å²) < 4.78 is 0. The monoisotopic (exact) mass is 297 g/mol. The summed E-state index contributed by atoms with van der Waals surface area (Å²) in [4.78, 5) is 15.1. The Hall–Kier alpha value is -2.61. The van der Waals surface area contributed by atoms with Gasteiger partial charge in [-0.05, 0) is 5.56 Å². The molecule has 2 aromatic rings. The quantitative estimate of drug-likeness (QED) is 0.513. The number of hydrogen-bond donors (Lipinski definition) is 2. The number of rotatable bonds is 3. The van der Waals surface area contributed by atoms with Gasteiger partial charge in [0.1, 0.15) is 5.69 Å². The van der Waals surface area contributed by atoms with Crippen LogP contribution < -0.4 is 11.4 Å². The highest BCUT2D eigenvalue weighted by Crippen LogP contribution is 2.40. The lowest BCUT2D eigenvalue weighted by Crippen LogP contribution is -2.46. The van der Waals surface area contributed by atoms with Gasteiger partial charge in [0, 0.05) is 17.8 Å². The van der Waals surface area contributed by atoms with Crippen molar-refractivity contribution in [3.05, 3.63) is 69.8 Å². The minimum atomic E-state index is -0.413. The van der Waals surface area contributed by atoms with Crippen molar-refractivity contribution in [3.63, 3.8) is 0 Å². The van der Waals surface area contributed by atoms with Crippen LogP contribution in [0.4, 0.5) is 11.4 Å². The number of benzene rings is 2. The highest BCUT2D eigenvalue weighted by atomic mass is 16.6. The second-order valence-corrected chi connectivity index (χ2v) is 4.88. The summed E-state index contributed by atoms with van der Waals surface area (Å²) in [7, 11) is 0. The Morgan fingerprint density at radius 1 is 1.23 bits per heavy atom. The van der Waals surface area contributed by atoms with Crippen molar-refractivity contribution >= 4 is 17.6 Å². The van der Waals surface area contributed by atoms with Gasteiger partial charge in [0.15, 0.2) is 0 Å². The highest BCUT2D eigenvalue weighted by Gasteiger charge is 2.29. The van der Waals surface area contributed by atoms with E-state index >= 15 is 0 Å². The average Bonchev–Trinajstić information content (AvgIpc) is 2.74. The summed E-state index contributed by atoms with van der Waals surface area (Å²) in [5.74, 6) is 5.64. The molecule has 0 aliphatic carbocycles. The molecule has 2 aromatic carbocycles. The van der Waals surface area contributed by atoms with Gasteiger partial charge in [-0.25, -0.2) is 5.01 Å². The molecule has 3 rings (SSSR count). The molecule has 1 atom stereocenters. The number of nitro groups is 1. The van der Waals surface area contributed by atoms with Crippen molar-refractivity contribution in [2.75, 3.05) is 6.54 Å². The molecule has 0 saturated heterocycles. The van der Waals surface area contributed by atoms with Gasteiger partial charge in [-0.2, -0.15) is 5.53 Å². The van der Waals surface area contributed by atoms with Crippen LogP contribution in [0.3, 0.4) is 0 Å². The van der Waals surface area contributed by atoms with Gasteiger partial charge >= 0.3 is 0 Å². The zero-order valence-corrected chi connectivity index (χ0v) is 11.7. The number of hydrogen-bond acceptors (Lipinski definition) is 6. The van der Waals surface area contributed by atoms with Gasteiger partial charge < -0.3 is 0 Å². The fraction of sp³-hybridized carbons (Fsp3) is 0.133. The van der Waals surface area contributed by atoms with Gasteiger partial charge in [0.2, 0.25) is 0 Å². The van der Waals surface area contributed by atoms with E-state index in [0.29, 0.717) is 12.2 Å². The second-order valence-electron chi connectivity index (χ2n) is 4.88. The first-order valence-corrected chi connectivity index (χ1v) is 6.80. The number of nitrogens with one attached hydrogen (secondary N) is 1. The zero-order chi connectivity index (χ0) is 15.5. The van der Waals surface area contributed by atoms with Gasteiger partial charge in [0.05, 0.1) is 17.5 Å².